The van der Waals surface area contributed by atoms with Crippen LogP contribution in [0.15, 0.2) is 24.3 Å². The Hall–Kier alpha value is -1.70. The molecule has 0 aliphatic rings. The van der Waals surface area contributed by atoms with Gasteiger partial charge >= 0.3 is 6.18 Å². The summed E-state index contributed by atoms with van der Waals surface area (Å²) < 4.78 is 37.8. The van der Waals surface area contributed by atoms with E-state index in [2.05, 4.69) is 5.32 Å². The smallest absolute Gasteiger partial charge is 0.369 e. The van der Waals surface area contributed by atoms with Crippen molar-refractivity contribution in [2.75, 3.05) is 5.32 Å². The van der Waals surface area contributed by atoms with E-state index < -0.39 is 17.8 Å². The Balaban J connectivity index is 3.01. The van der Waals surface area contributed by atoms with E-state index in [-0.39, 0.29) is 5.69 Å². The Morgan fingerprint density at radius 1 is 1.38 bits per heavy atom. The molecule has 1 unspecified atom stereocenters. The minimum Gasteiger partial charge on any atom is -0.369 e. The highest BCUT2D eigenvalue weighted by molar-refractivity contribution is 5.53. The lowest BCUT2D eigenvalue weighted by Gasteiger charge is -2.16. The van der Waals surface area contributed by atoms with Gasteiger partial charge in [-0.05, 0) is 18.6 Å². The Kier molecular flexibility index (Phi) is 3.78. The number of para-hydroxylation sites is 1. The van der Waals surface area contributed by atoms with Crippen molar-refractivity contribution in [2.45, 2.75) is 25.6 Å². The molecule has 0 radical (unpaired) electrons. The summed E-state index contributed by atoms with van der Waals surface area (Å²) >= 11 is 0. The molecule has 1 N–H and O–H groups in total. The van der Waals surface area contributed by atoms with Gasteiger partial charge in [-0.25, -0.2) is 0 Å². The largest absolute Gasteiger partial charge is 0.418 e. The van der Waals surface area contributed by atoms with Gasteiger partial charge in [0.05, 0.1) is 11.6 Å². The summed E-state index contributed by atoms with van der Waals surface area (Å²) in [5.41, 5.74) is -0.799. The highest BCUT2D eigenvalue weighted by atomic mass is 19.4. The fourth-order valence-electron chi connectivity index (χ4n) is 1.27. The topological polar surface area (TPSA) is 35.8 Å². The van der Waals surface area contributed by atoms with Crippen LogP contribution < -0.4 is 5.32 Å². The molecule has 0 spiro atoms. The highest BCUT2D eigenvalue weighted by Gasteiger charge is 2.33. The van der Waals surface area contributed by atoms with Gasteiger partial charge in [0.25, 0.3) is 0 Å². The summed E-state index contributed by atoms with van der Waals surface area (Å²) in [6.07, 6.45) is -3.96. The van der Waals surface area contributed by atoms with E-state index in [4.69, 9.17) is 5.26 Å². The molecule has 0 fully saturated rings. The van der Waals surface area contributed by atoms with E-state index in [0.717, 1.165) is 6.07 Å². The van der Waals surface area contributed by atoms with Gasteiger partial charge in [0.15, 0.2) is 0 Å². The second-order valence-corrected chi connectivity index (χ2v) is 3.28. The predicted molar refractivity (Wildman–Crippen MR) is 54.8 cm³/mol. The molecule has 1 aromatic rings. The van der Waals surface area contributed by atoms with Crippen LogP contribution in [0.25, 0.3) is 0 Å². The van der Waals surface area contributed by atoms with Crippen molar-refractivity contribution in [1.82, 2.24) is 0 Å². The van der Waals surface area contributed by atoms with Gasteiger partial charge in [0.2, 0.25) is 0 Å². The molecule has 2 nitrogen and oxygen atoms in total. The molecular weight excluding hydrogens is 217 g/mol. The van der Waals surface area contributed by atoms with Crippen molar-refractivity contribution in [3.8, 4) is 6.07 Å². The van der Waals surface area contributed by atoms with Crippen molar-refractivity contribution in [3.05, 3.63) is 29.8 Å². The standard InChI is InChI=1S/C11H11F3N2/c1-2-8(7-15)16-10-6-4-3-5-9(10)11(12,13)14/h3-6,8,16H,2H2,1H3. The first-order chi connectivity index (χ1) is 7.49. The molecule has 0 bridgehead atoms. The molecule has 1 aromatic carbocycles. The summed E-state index contributed by atoms with van der Waals surface area (Å²) in [6, 6.07) is 6.43. The molecule has 0 aromatic heterocycles. The second kappa shape index (κ2) is 4.88. The minimum atomic E-state index is -4.41. The molecule has 0 aliphatic carbocycles. The van der Waals surface area contributed by atoms with E-state index in [0.29, 0.717) is 6.42 Å². The summed E-state index contributed by atoms with van der Waals surface area (Å²) in [5.74, 6) is 0. The first-order valence-electron chi connectivity index (χ1n) is 4.81. The minimum absolute atomic E-state index is 0.0524. The van der Waals surface area contributed by atoms with Crippen LogP contribution in [0.1, 0.15) is 18.9 Å². The first kappa shape index (κ1) is 12.4. The number of hydrogen-bond donors (Lipinski definition) is 1. The lowest BCUT2D eigenvalue weighted by Crippen LogP contribution is -2.19. The molecule has 1 atom stereocenters. The monoisotopic (exact) mass is 228 g/mol. The lowest BCUT2D eigenvalue weighted by atomic mass is 10.1. The summed E-state index contributed by atoms with van der Waals surface area (Å²) in [5, 5.41) is 11.3. The fraction of sp³-hybridized carbons (Fsp3) is 0.364. The predicted octanol–water partition coefficient (Wildman–Crippen LogP) is 3.42. The normalized spacial score (nSPS) is 12.9. The van der Waals surface area contributed by atoms with E-state index >= 15 is 0 Å². The number of anilines is 1. The molecule has 5 heteroatoms. The summed E-state index contributed by atoms with van der Waals surface area (Å²) in [6.45, 7) is 1.73. The Labute approximate surface area is 91.7 Å². The summed E-state index contributed by atoms with van der Waals surface area (Å²) in [4.78, 5) is 0. The average Bonchev–Trinajstić information content (AvgIpc) is 2.25. The van der Waals surface area contributed by atoms with Crippen molar-refractivity contribution in [3.63, 3.8) is 0 Å². The fourth-order valence-corrected chi connectivity index (χ4v) is 1.27. The van der Waals surface area contributed by atoms with E-state index in [1.807, 2.05) is 6.07 Å². The molecule has 0 aliphatic heterocycles. The zero-order valence-electron chi connectivity index (χ0n) is 8.67. The van der Waals surface area contributed by atoms with Gasteiger partial charge in [-0.15, -0.1) is 0 Å². The van der Waals surface area contributed by atoms with Crippen LogP contribution >= 0.6 is 0 Å². The molecule has 86 valence electrons. The van der Waals surface area contributed by atoms with Gasteiger partial charge in [0, 0.05) is 5.69 Å². The number of nitrogens with zero attached hydrogens (tertiary/aromatic N) is 1. The van der Waals surface area contributed by atoms with E-state index in [9.17, 15) is 13.2 Å². The van der Waals surface area contributed by atoms with Crippen LogP contribution in [0.4, 0.5) is 18.9 Å². The number of halogens is 3. The molecule has 16 heavy (non-hydrogen) atoms. The Morgan fingerprint density at radius 3 is 2.50 bits per heavy atom. The molecular formula is C11H11F3N2. The third kappa shape index (κ3) is 2.89. The third-order valence-electron chi connectivity index (χ3n) is 2.13. The van der Waals surface area contributed by atoms with Crippen LogP contribution in [0.2, 0.25) is 0 Å². The van der Waals surface area contributed by atoms with Gasteiger partial charge in [-0.2, -0.15) is 18.4 Å². The number of alkyl halides is 3. The van der Waals surface area contributed by atoms with Crippen LogP contribution in [-0.2, 0) is 6.18 Å². The van der Waals surface area contributed by atoms with Crippen LogP contribution in [0, 0.1) is 11.3 Å². The molecule has 0 heterocycles. The Bertz CT molecular complexity index is 393. The molecule has 0 saturated heterocycles. The maximum atomic E-state index is 12.6. The zero-order chi connectivity index (χ0) is 12.2. The quantitative estimate of drug-likeness (QED) is 0.860. The van der Waals surface area contributed by atoms with Crippen LogP contribution in [-0.4, -0.2) is 6.04 Å². The molecule has 1 rings (SSSR count). The van der Waals surface area contributed by atoms with Crippen LogP contribution in [0.3, 0.4) is 0 Å². The number of rotatable bonds is 3. The average molecular weight is 228 g/mol. The lowest BCUT2D eigenvalue weighted by molar-refractivity contribution is -0.137. The number of nitrogens with one attached hydrogen (secondary N) is 1. The summed E-state index contributed by atoms with van der Waals surface area (Å²) in [7, 11) is 0. The van der Waals surface area contributed by atoms with Gasteiger partial charge < -0.3 is 5.32 Å². The van der Waals surface area contributed by atoms with Crippen molar-refractivity contribution < 1.29 is 13.2 Å². The maximum Gasteiger partial charge on any atom is 0.418 e. The maximum absolute atomic E-state index is 12.6. The molecule has 0 saturated carbocycles. The number of nitriles is 1. The SMILES string of the molecule is CCC(C#N)Nc1ccccc1C(F)(F)F. The van der Waals surface area contributed by atoms with Crippen molar-refractivity contribution in [2.24, 2.45) is 0 Å². The number of hydrogen-bond acceptors (Lipinski definition) is 2. The highest BCUT2D eigenvalue weighted by Crippen LogP contribution is 2.34. The van der Waals surface area contributed by atoms with Crippen molar-refractivity contribution >= 4 is 5.69 Å². The van der Waals surface area contributed by atoms with Gasteiger partial charge in [-0.3, -0.25) is 0 Å². The Morgan fingerprint density at radius 2 is 2.00 bits per heavy atom. The van der Waals surface area contributed by atoms with Crippen molar-refractivity contribution in [1.29, 1.82) is 5.26 Å². The third-order valence-corrected chi connectivity index (χ3v) is 2.13. The number of benzene rings is 1. The van der Waals surface area contributed by atoms with E-state index in [1.165, 1.54) is 18.2 Å². The zero-order valence-corrected chi connectivity index (χ0v) is 8.67. The second-order valence-electron chi connectivity index (χ2n) is 3.28. The van der Waals surface area contributed by atoms with Gasteiger partial charge in [-0.1, -0.05) is 19.1 Å². The van der Waals surface area contributed by atoms with Crippen LogP contribution in [0.5, 0.6) is 0 Å². The van der Waals surface area contributed by atoms with E-state index in [1.54, 1.807) is 6.92 Å². The molecule has 0 amide bonds. The first-order valence-corrected chi connectivity index (χ1v) is 4.81. The van der Waals surface area contributed by atoms with Gasteiger partial charge in [0.1, 0.15) is 6.04 Å².